The summed E-state index contributed by atoms with van der Waals surface area (Å²) in [5, 5.41) is 14.2. The summed E-state index contributed by atoms with van der Waals surface area (Å²) in [5.74, 6) is 1.83. The summed E-state index contributed by atoms with van der Waals surface area (Å²) >= 11 is 0. The zero-order valence-corrected chi connectivity index (χ0v) is 23.9. The van der Waals surface area contributed by atoms with E-state index in [2.05, 4.69) is 44.2 Å². The highest BCUT2D eigenvalue weighted by Crippen LogP contribution is 2.46. The van der Waals surface area contributed by atoms with Crippen LogP contribution in [0.4, 0.5) is 0 Å². The van der Waals surface area contributed by atoms with E-state index in [1.54, 1.807) is 17.8 Å². The zero-order chi connectivity index (χ0) is 28.5. The molecule has 4 fully saturated rings. The van der Waals surface area contributed by atoms with Crippen molar-refractivity contribution in [3.63, 3.8) is 0 Å². The molecular formula is C32H35N7O3. The molecule has 0 N–H and O–H groups in total. The third-order valence-corrected chi connectivity index (χ3v) is 8.97. The fraction of sp³-hybridized carbons (Fsp3) is 0.438. The highest BCUT2D eigenvalue weighted by molar-refractivity contribution is 5.85. The van der Waals surface area contributed by atoms with E-state index in [9.17, 15) is 5.26 Å². The van der Waals surface area contributed by atoms with Crippen LogP contribution in [0.25, 0.3) is 16.6 Å². The predicted octanol–water partition coefficient (Wildman–Crippen LogP) is 3.90. The number of hydrogen-bond donors (Lipinski definition) is 0. The van der Waals surface area contributed by atoms with Gasteiger partial charge in [-0.2, -0.15) is 10.4 Å². The molecule has 3 saturated heterocycles. The van der Waals surface area contributed by atoms with Gasteiger partial charge in [0.05, 0.1) is 43.8 Å². The maximum Gasteiger partial charge on any atom is 0.212 e. The highest BCUT2D eigenvalue weighted by atomic mass is 16.5. The molecule has 4 aromatic heterocycles. The summed E-state index contributed by atoms with van der Waals surface area (Å²) in [6.07, 6.45) is 10.8. The van der Waals surface area contributed by atoms with Crippen molar-refractivity contribution in [2.75, 3.05) is 46.6 Å². The molecule has 4 aliphatic rings. The maximum absolute atomic E-state index is 9.75. The molecule has 2 bridgehead atoms. The van der Waals surface area contributed by atoms with Crippen LogP contribution < -0.4 is 9.47 Å². The Morgan fingerprint density at radius 3 is 2.60 bits per heavy atom. The Morgan fingerprint density at radius 2 is 1.88 bits per heavy atom. The van der Waals surface area contributed by atoms with E-state index in [0.717, 1.165) is 80.3 Å². The van der Waals surface area contributed by atoms with E-state index in [1.807, 2.05) is 30.7 Å². The van der Waals surface area contributed by atoms with Gasteiger partial charge in [-0.15, -0.1) is 0 Å². The molecule has 0 aromatic carbocycles. The third kappa shape index (κ3) is 5.31. The molecule has 8 rings (SSSR count). The number of hydrogen-bond acceptors (Lipinski definition) is 9. The van der Waals surface area contributed by atoms with Gasteiger partial charge in [-0.1, -0.05) is 12.1 Å². The van der Waals surface area contributed by atoms with Crippen LogP contribution in [0.2, 0.25) is 0 Å². The Bertz CT molecular complexity index is 1560. The molecule has 2 unspecified atom stereocenters. The van der Waals surface area contributed by atoms with E-state index in [1.165, 1.54) is 12.0 Å². The zero-order valence-electron chi connectivity index (χ0n) is 23.9. The number of nitriles is 1. The van der Waals surface area contributed by atoms with Crippen molar-refractivity contribution in [1.29, 1.82) is 5.26 Å². The molecule has 2 atom stereocenters. The van der Waals surface area contributed by atoms with E-state index < -0.39 is 0 Å². The van der Waals surface area contributed by atoms with Crippen LogP contribution in [0.1, 0.15) is 42.0 Å². The Hall–Kier alpha value is -4.04. The summed E-state index contributed by atoms with van der Waals surface area (Å²) in [5.41, 5.74) is 5.53. The number of aromatic nitrogens is 4. The summed E-state index contributed by atoms with van der Waals surface area (Å²) in [4.78, 5) is 14.3. The molecule has 216 valence electrons. The molecule has 10 heteroatoms. The smallest absolute Gasteiger partial charge is 0.212 e. The Balaban J connectivity index is 1.05. The summed E-state index contributed by atoms with van der Waals surface area (Å²) in [6, 6.07) is 13.8. The average molecular weight is 566 g/mol. The van der Waals surface area contributed by atoms with Gasteiger partial charge in [0, 0.05) is 79.5 Å². The number of ether oxygens (including phenoxy) is 3. The van der Waals surface area contributed by atoms with Crippen molar-refractivity contribution >= 4 is 5.52 Å². The van der Waals surface area contributed by atoms with E-state index in [0.29, 0.717) is 36.1 Å². The van der Waals surface area contributed by atoms with Gasteiger partial charge < -0.3 is 14.2 Å². The SMILES string of the molecule is COc1ccc(CN2C3CC(c4ccc(-c5cc(OCCN6CCOCC6)cn6ncc(C#N)c56)cn4)CC2C3)cn1. The van der Waals surface area contributed by atoms with Gasteiger partial charge in [0.2, 0.25) is 5.88 Å². The van der Waals surface area contributed by atoms with Crippen molar-refractivity contribution in [1.82, 2.24) is 29.4 Å². The minimum Gasteiger partial charge on any atom is -0.491 e. The van der Waals surface area contributed by atoms with Crippen LogP contribution in [0.15, 0.2) is 55.1 Å². The maximum atomic E-state index is 9.75. The van der Waals surface area contributed by atoms with E-state index in [-0.39, 0.29) is 0 Å². The fourth-order valence-electron chi connectivity index (χ4n) is 6.70. The predicted molar refractivity (Wildman–Crippen MR) is 156 cm³/mol. The first-order valence-corrected chi connectivity index (χ1v) is 14.7. The fourth-order valence-corrected chi connectivity index (χ4v) is 6.70. The minimum absolute atomic E-state index is 0.451. The van der Waals surface area contributed by atoms with Crippen LogP contribution in [0, 0.1) is 11.3 Å². The van der Waals surface area contributed by atoms with Crippen molar-refractivity contribution < 1.29 is 14.2 Å². The third-order valence-electron chi connectivity index (χ3n) is 8.97. The molecule has 42 heavy (non-hydrogen) atoms. The first kappa shape index (κ1) is 26.8. The molecule has 0 radical (unpaired) electrons. The second-order valence-electron chi connectivity index (χ2n) is 11.4. The van der Waals surface area contributed by atoms with Crippen LogP contribution in [0.5, 0.6) is 11.6 Å². The van der Waals surface area contributed by atoms with Crippen LogP contribution in [-0.4, -0.2) is 88.0 Å². The number of methoxy groups -OCH3 is 1. The number of morpholine rings is 1. The highest BCUT2D eigenvalue weighted by Gasteiger charge is 2.45. The van der Waals surface area contributed by atoms with Crippen LogP contribution in [0.3, 0.4) is 0 Å². The van der Waals surface area contributed by atoms with Crippen LogP contribution in [-0.2, 0) is 11.3 Å². The topological polar surface area (TPSA) is 101 Å². The van der Waals surface area contributed by atoms with Gasteiger partial charge in [0.25, 0.3) is 0 Å². The second-order valence-corrected chi connectivity index (χ2v) is 11.4. The number of fused-ring (bicyclic) bond motifs is 3. The average Bonchev–Trinajstić information content (AvgIpc) is 3.47. The van der Waals surface area contributed by atoms with Crippen molar-refractivity contribution in [3.05, 3.63) is 71.9 Å². The van der Waals surface area contributed by atoms with Gasteiger partial charge in [-0.3, -0.25) is 14.8 Å². The van der Waals surface area contributed by atoms with E-state index in [4.69, 9.17) is 19.2 Å². The molecule has 1 aliphatic carbocycles. The second kappa shape index (κ2) is 11.7. The van der Waals surface area contributed by atoms with Gasteiger partial charge in [-0.05, 0) is 37.0 Å². The van der Waals surface area contributed by atoms with Gasteiger partial charge in [-0.25, -0.2) is 9.50 Å². The molecule has 7 heterocycles. The lowest BCUT2D eigenvalue weighted by Crippen LogP contribution is -2.59. The number of nitrogens with zero attached hydrogens (tertiary/aromatic N) is 7. The lowest BCUT2D eigenvalue weighted by molar-refractivity contribution is -0.0442. The quantitative estimate of drug-likeness (QED) is 0.299. The van der Waals surface area contributed by atoms with Crippen molar-refractivity contribution in [2.45, 2.75) is 43.8 Å². The first-order valence-electron chi connectivity index (χ1n) is 14.7. The van der Waals surface area contributed by atoms with E-state index >= 15 is 0 Å². The molecule has 0 amide bonds. The molecular weight excluding hydrogens is 530 g/mol. The van der Waals surface area contributed by atoms with Gasteiger partial charge in [0.15, 0.2) is 0 Å². The monoisotopic (exact) mass is 565 g/mol. The molecule has 10 nitrogen and oxygen atoms in total. The largest absolute Gasteiger partial charge is 0.491 e. The Morgan fingerprint density at radius 1 is 1.02 bits per heavy atom. The number of pyridine rings is 3. The van der Waals surface area contributed by atoms with Gasteiger partial charge >= 0.3 is 0 Å². The molecule has 4 aromatic rings. The summed E-state index contributed by atoms with van der Waals surface area (Å²) in [6.45, 7) is 5.74. The number of rotatable bonds is 9. The Labute approximate surface area is 245 Å². The van der Waals surface area contributed by atoms with Crippen molar-refractivity contribution in [3.8, 4) is 28.8 Å². The lowest BCUT2D eigenvalue weighted by atomic mass is 9.72. The summed E-state index contributed by atoms with van der Waals surface area (Å²) in [7, 11) is 1.64. The molecule has 1 saturated carbocycles. The number of piperidine rings is 1. The van der Waals surface area contributed by atoms with Gasteiger partial charge in [0.1, 0.15) is 18.4 Å². The Kier molecular flexibility index (Phi) is 7.46. The van der Waals surface area contributed by atoms with Crippen LogP contribution >= 0.6 is 0 Å². The molecule has 0 spiro atoms. The normalized spacial score (nSPS) is 22.4. The molecule has 3 aliphatic heterocycles. The first-order chi connectivity index (χ1) is 20.7. The minimum atomic E-state index is 0.451. The summed E-state index contributed by atoms with van der Waals surface area (Å²) < 4.78 is 18.5. The standard InChI is InChI=1S/C32H35N7O3/c1-40-31-5-2-22(17-35-31)20-38-26-12-24(13-27(38)14-26)30-4-3-23(18-34-30)29-15-28(21-39-32(29)25(16-33)19-36-39)42-11-8-37-6-9-41-10-7-37/h2-5,15,17-19,21,24,26-27H,6-14,20H2,1H3. The van der Waals surface area contributed by atoms with Crippen molar-refractivity contribution in [2.24, 2.45) is 0 Å². The lowest BCUT2D eigenvalue weighted by Gasteiger charge is -2.55.